The lowest BCUT2D eigenvalue weighted by Crippen LogP contribution is -2.41. The number of hydrogen-bond donors (Lipinski definition) is 3. The molecule has 0 radical (unpaired) electrons. The highest BCUT2D eigenvalue weighted by molar-refractivity contribution is 7.10. The summed E-state index contributed by atoms with van der Waals surface area (Å²) in [6.45, 7) is 12.2. The van der Waals surface area contributed by atoms with Crippen molar-refractivity contribution in [2.24, 2.45) is 5.73 Å². The Morgan fingerprint density at radius 3 is 2.45 bits per heavy atom. The second-order valence-corrected chi connectivity index (χ2v) is 12.3. The van der Waals surface area contributed by atoms with Crippen molar-refractivity contribution in [1.82, 2.24) is 9.88 Å². The van der Waals surface area contributed by atoms with Crippen LogP contribution in [0.1, 0.15) is 81.9 Å². The van der Waals surface area contributed by atoms with Crippen LogP contribution in [0.25, 0.3) is 11.3 Å². The lowest BCUT2D eigenvalue weighted by atomic mass is 9.63. The number of aromatic nitrogens is 1. The van der Waals surface area contributed by atoms with Gasteiger partial charge in [-0.3, -0.25) is 0 Å². The third-order valence-electron chi connectivity index (χ3n) is 8.05. The van der Waals surface area contributed by atoms with E-state index in [4.69, 9.17) is 15.8 Å². The molecule has 2 heterocycles. The summed E-state index contributed by atoms with van der Waals surface area (Å²) in [5.74, 6) is 0.512. The molecule has 1 aliphatic heterocycles. The lowest BCUT2D eigenvalue weighted by molar-refractivity contribution is 0.0848. The molecule has 2 aliphatic rings. The minimum Gasteiger partial charge on any atom is -0.395 e. The number of aliphatic hydroxyl groups is 2. The van der Waals surface area contributed by atoms with E-state index in [0.29, 0.717) is 12.3 Å². The summed E-state index contributed by atoms with van der Waals surface area (Å²) >= 11 is 1.80. The monoisotopic (exact) mass is 471 g/mol. The van der Waals surface area contributed by atoms with Gasteiger partial charge in [-0.15, -0.1) is 11.3 Å². The normalized spacial score (nSPS) is 22.6. The molecule has 1 aromatic carbocycles. The van der Waals surface area contributed by atoms with E-state index in [-0.39, 0.29) is 17.4 Å². The standard InChI is InChI=1S/C27H41N3O2S/c1-26(2)10-11-27(3,4)21-15-19(5-6-20(21)26)23-17-33-25(29-23)18-7-12-30(13-8-18)14-9-24(32)22(28)16-31/h5-6,15,17-18,22,24,31-32H,7-14,16,28H2,1-4H3. The maximum atomic E-state index is 10.0. The van der Waals surface area contributed by atoms with Crippen molar-refractivity contribution in [3.63, 3.8) is 0 Å². The predicted molar refractivity (Wildman–Crippen MR) is 137 cm³/mol. The number of nitrogens with zero attached hydrogens (tertiary/aromatic N) is 2. The fourth-order valence-corrected chi connectivity index (χ4v) is 6.41. The Morgan fingerprint density at radius 1 is 1.12 bits per heavy atom. The molecular formula is C27H41N3O2S. The Bertz CT molecular complexity index is 947. The smallest absolute Gasteiger partial charge is 0.0964 e. The summed E-state index contributed by atoms with van der Waals surface area (Å²) in [6.07, 6.45) is 4.63. The predicted octanol–water partition coefficient (Wildman–Crippen LogP) is 4.41. The SMILES string of the molecule is CC1(C)CCC(C)(C)c2cc(-c3csc(C4CCN(CCC(O)C(N)CO)CC4)n3)ccc21. The second-order valence-electron chi connectivity index (χ2n) is 11.4. The highest BCUT2D eigenvalue weighted by Gasteiger charge is 2.37. The van der Waals surface area contributed by atoms with E-state index >= 15 is 0 Å². The largest absolute Gasteiger partial charge is 0.395 e. The number of fused-ring (bicyclic) bond motifs is 1. The van der Waals surface area contributed by atoms with Crippen LogP contribution in [0.2, 0.25) is 0 Å². The van der Waals surface area contributed by atoms with Crippen molar-refractivity contribution < 1.29 is 10.2 Å². The average Bonchev–Trinajstić information content (AvgIpc) is 3.30. The fraction of sp³-hybridized carbons (Fsp3) is 0.667. The van der Waals surface area contributed by atoms with Gasteiger partial charge in [0.05, 0.1) is 29.5 Å². The molecule has 1 aromatic heterocycles. The molecule has 5 nitrogen and oxygen atoms in total. The number of piperidine rings is 1. The molecule has 2 unspecified atom stereocenters. The summed E-state index contributed by atoms with van der Waals surface area (Å²) < 4.78 is 0. The fourth-order valence-electron chi connectivity index (χ4n) is 5.41. The maximum absolute atomic E-state index is 10.0. The summed E-state index contributed by atoms with van der Waals surface area (Å²) in [7, 11) is 0. The van der Waals surface area contributed by atoms with Gasteiger partial charge in [-0.2, -0.15) is 0 Å². The maximum Gasteiger partial charge on any atom is 0.0964 e. The van der Waals surface area contributed by atoms with E-state index in [1.165, 1.54) is 34.5 Å². The molecule has 2 aromatic rings. The van der Waals surface area contributed by atoms with Crippen LogP contribution in [-0.2, 0) is 10.8 Å². The van der Waals surface area contributed by atoms with Crippen LogP contribution in [-0.4, -0.2) is 58.5 Å². The van der Waals surface area contributed by atoms with Gasteiger partial charge in [0.25, 0.3) is 0 Å². The van der Waals surface area contributed by atoms with Crippen molar-refractivity contribution in [1.29, 1.82) is 0 Å². The van der Waals surface area contributed by atoms with Crippen molar-refractivity contribution in [2.75, 3.05) is 26.2 Å². The molecule has 0 bridgehead atoms. The van der Waals surface area contributed by atoms with E-state index in [0.717, 1.165) is 38.2 Å². The van der Waals surface area contributed by atoms with Gasteiger partial charge in [0.15, 0.2) is 0 Å². The van der Waals surface area contributed by atoms with Crippen molar-refractivity contribution in [2.45, 2.75) is 88.7 Å². The van der Waals surface area contributed by atoms with Crippen LogP contribution in [0.5, 0.6) is 0 Å². The quantitative estimate of drug-likeness (QED) is 0.557. The van der Waals surface area contributed by atoms with Gasteiger partial charge in [-0.25, -0.2) is 4.98 Å². The minimum absolute atomic E-state index is 0.172. The van der Waals surface area contributed by atoms with Crippen LogP contribution in [0.15, 0.2) is 23.6 Å². The third kappa shape index (κ3) is 5.35. The molecule has 1 fully saturated rings. The first-order valence-corrected chi connectivity index (χ1v) is 13.4. The number of benzene rings is 1. The highest BCUT2D eigenvalue weighted by atomic mass is 32.1. The van der Waals surface area contributed by atoms with Crippen molar-refractivity contribution >= 4 is 11.3 Å². The zero-order valence-corrected chi connectivity index (χ0v) is 21.5. The zero-order valence-electron chi connectivity index (χ0n) is 20.7. The van der Waals surface area contributed by atoms with Gasteiger partial charge < -0.3 is 20.8 Å². The van der Waals surface area contributed by atoms with E-state index < -0.39 is 12.1 Å². The second kappa shape index (κ2) is 9.74. The van der Waals surface area contributed by atoms with Gasteiger partial charge in [0.2, 0.25) is 0 Å². The first-order valence-electron chi connectivity index (χ1n) is 12.5. The molecule has 4 rings (SSSR count). The van der Waals surface area contributed by atoms with Crippen LogP contribution in [0.4, 0.5) is 0 Å². The van der Waals surface area contributed by atoms with Crippen molar-refractivity contribution in [3.8, 4) is 11.3 Å². The Kier molecular flexibility index (Phi) is 7.32. The summed E-state index contributed by atoms with van der Waals surface area (Å²) in [5.41, 5.74) is 11.5. The summed E-state index contributed by atoms with van der Waals surface area (Å²) in [5, 5.41) is 22.6. The van der Waals surface area contributed by atoms with Crippen LogP contribution in [0.3, 0.4) is 0 Å². The van der Waals surface area contributed by atoms with Crippen LogP contribution >= 0.6 is 11.3 Å². The van der Waals surface area contributed by atoms with Crippen LogP contribution in [0, 0.1) is 0 Å². The lowest BCUT2D eigenvalue weighted by Gasteiger charge is -2.42. The third-order valence-corrected chi connectivity index (χ3v) is 9.06. The Morgan fingerprint density at radius 2 is 1.79 bits per heavy atom. The van der Waals surface area contributed by atoms with Crippen molar-refractivity contribution in [3.05, 3.63) is 39.7 Å². The zero-order chi connectivity index (χ0) is 23.8. The molecular weight excluding hydrogens is 430 g/mol. The Balaban J connectivity index is 1.40. The van der Waals surface area contributed by atoms with E-state index in [9.17, 15) is 5.11 Å². The number of nitrogens with two attached hydrogens (primary N) is 1. The molecule has 182 valence electrons. The molecule has 0 amide bonds. The first kappa shape index (κ1) is 24.8. The average molecular weight is 472 g/mol. The molecule has 6 heteroatoms. The Hall–Kier alpha value is -1.31. The first-order chi connectivity index (χ1) is 15.6. The topological polar surface area (TPSA) is 82.6 Å². The number of rotatable bonds is 7. The van der Waals surface area contributed by atoms with Crippen LogP contribution < -0.4 is 5.73 Å². The van der Waals surface area contributed by atoms with Gasteiger partial charge >= 0.3 is 0 Å². The molecule has 0 spiro atoms. The van der Waals surface area contributed by atoms with Gasteiger partial charge in [-0.1, -0.05) is 39.8 Å². The van der Waals surface area contributed by atoms with E-state index in [1.54, 1.807) is 11.3 Å². The molecule has 0 saturated carbocycles. The Labute approximate surface area is 203 Å². The molecule has 4 N–H and O–H groups in total. The number of aliphatic hydroxyl groups excluding tert-OH is 2. The summed E-state index contributed by atoms with van der Waals surface area (Å²) in [4.78, 5) is 7.48. The van der Waals surface area contributed by atoms with E-state index in [1.807, 2.05) is 0 Å². The number of hydrogen-bond acceptors (Lipinski definition) is 6. The molecule has 2 atom stereocenters. The number of thiazole rings is 1. The number of likely N-dealkylation sites (tertiary alicyclic amines) is 1. The molecule has 1 saturated heterocycles. The molecule has 33 heavy (non-hydrogen) atoms. The molecule has 1 aliphatic carbocycles. The summed E-state index contributed by atoms with van der Waals surface area (Å²) in [6, 6.07) is 6.48. The van der Waals surface area contributed by atoms with E-state index in [2.05, 4.69) is 56.2 Å². The minimum atomic E-state index is -0.638. The van der Waals surface area contributed by atoms with Gasteiger partial charge in [-0.05, 0) is 73.2 Å². The van der Waals surface area contributed by atoms with Gasteiger partial charge in [0.1, 0.15) is 0 Å². The highest BCUT2D eigenvalue weighted by Crippen LogP contribution is 2.47. The van der Waals surface area contributed by atoms with Gasteiger partial charge in [0, 0.05) is 23.4 Å².